The topological polar surface area (TPSA) is 0 Å². The second kappa shape index (κ2) is 5.63. The Hall–Kier alpha value is -2.80. The summed E-state index contributed by atoms with van der Waals surface area (Å²) in [5.74, 6) is 0. The molecule has 4 aromatic rings. The molecule has 0 saturated carbocycles. The number of allylic oxidation sites excluding steroid dienone is 1. The molecule has 0 atom stereocenters. The van der Waals surface area contributed by atoms with Gasteiger partial charge in [-0.3, -0.25) is 0 Å². The van der Waals surface area contributed by atoms with Crippen molar-refractivity contribution in [2.45, 2.75) is 12.8 Å². The molecule has 0 N–H and O–H groups in total. The average molecular weight is 316 g/mol. The second-order valence-electron chi connectivity index (χ2n) is 6.73. The number of benzene rings is 4. The van der Waals surface area contributed by atoms with Crippen molar-refractivity contribution in [1.29, 1.82) is 0 Å². The first-order valence-corrected chi connectivity index (χ1v) is 8.82. The van der Waals surface area contributed by atoms with E-state index >= 15 is 0 Å². The van der Waals surface area contributed by atoms with E-state index in [1.807, 2.05) is 0 Å². The Labute approximate surface area is 149 Å². The van der Waals surface area contributed by atoms with Crippen LogP contribution in [0.1, 0.15) is 17.5 Å². The minimum atomic E-state index is 0.871. The Morgan fingerprint density at radius 1 is 0.720 bits per heavy atom. The highest BCUT2D eigenvalue weighted by atomic mass is 14.2. The van der Waals surface area contributed by atoms with Gasteiger partial charge in [0, 0.05) is 0 Å². The van der Waals surface area contributed by atoms with Crippen LogP contribution in [-0.4, -0.2) is 7.85 Å². The monoisotopic (exact) mass is 316 g/mol. The predicted molar refractivity (Wildman–Crippen MR) is 110 cm³/mol. The number of rotatable bonds is 1. The average Bonchev–Trinajstić information content (AvgIpc) is 2.68. The molecule has 25 heavy (non-hydrogen) atoms. The van der Waals surface area contributed by atoms with E-state index in [1.165, 1.54) is 33.0 Å². The lowest BCUT2D eigenvalue weighted by Crippen LogP contribution is -2.07. The maximum Gasteiger partial charge on any atom is 0.115 e. The summed E-state index contributed by atoms with van der Waals surface area (Å²) in [6, 6.07) is 23.8. The fourth-order valence-corrected chi connectivity index (χ4v) is 4.06. The minimum Gasteiger partial charge on any atom is -0.0836 e. The Morgan fingerprint density at radius 2 is 1.36 bits per heavy atom. The Balaban J connectivity index is 1.91. The van der Waals surface area contributed by atoms with Crippen LogP contribution in [0.2, 0.25) is 0 Å². The van der Waals surface area contributed by atoms with Crippen LogP contribution in [0, 0.1) is 0 Å². The normalized spacial score (nSPS) is 13.3. The third kappa shape index (κ3) is 2.23. The molecule has 4 aromatic carbocycles. The molecule has 0 heterocycles. The molecular formula is C24H17B. The van der Waals surface area contributed by atoms with Crippen molar-refractivity contribution in [1.82, 2.24) is 0 Å². The fourth-order valence-electron chi connectivity index (χ4n) is 4.06. The van der Waals surface area contributed by atoms with Gasteiger partial charge in [-0.05, 0) is 56.6 Å². The zero-order chi connectivity index (χ0) is 16.8. The van der Waals surface area contributed by atoms with Crippen molar-refractivity contribution < 1.29 is 0 Å². The molecule has 0 aromatic heterocycles. The van der Waals surface area contributed by atoms with Gasteiger partial charge in [0.2, 0.25) is 0 Å². The van der Waals surface area contributed by atoms with Gasteiger partial charge in [-0.25, -0.2) is 0 Å². The summed E-state index contributed by atoms with van der Waals surface area (Å²) >= 11 is 0. The first-order chi connectivity index (χ1) is 12.3. The molecule has 0 bridgehead atoms. The van der Waals surface area contributed by atoms with Crippen molar-refractivity contribution in [3.05, 3.63) is 83.9 Å². The van der Waals surface area contributed by atoms with Crippen LogP contribution in [0.25, 0.3) is 38.7 Å². The van der Waals surface area contributed by atoms with Gasteiger partial charge in [-0.2, -0.15) is 0 Å². The van der Waals surface area contributed by atoms with Crippen LogP contribution >= 0.6 is 0 Å². The molecule has 2 radical (unpaired) electrons. The lowest BCUT2D eigenvalue weighted by molar-refractivity contribution is 0.986. The summed E-state index contributed by atoms with van der Waals surface area (Å²) in [6.07, 6.45) is 6.74. The molecule has 116 valence electrons. The van der Waals surface area contributed by atoms with Gasteiger partial charge in [0.15, 0.2) is 0 Å². The van der Waals surface area contributed by atoms with Crippen molar-refractivity contribution in [2.24, 2.45) is 0 Å². The number of hydrogen-bond donors (Lipinski definition) is 0. The highest BCUT2D eigenvalue weighted by Gasteiger charge is 2.14. The molecule has 0 nitrogen and oxygen atoms in total. The minimum absolute atomic E-state index is 0.871. The van der Waals surface area contributed by atoms with E-state index in [-0.39, 0.29) is 0 Å². The van der Waals surface area contributed by atoms with Gasteiger partial charge in [-0.1, -0.05) is 84.3 Å². The smallest absolute Gasteiger partial charge is 0.0836 e. The Kier molecular flexibility index (Phi) is 3.28. The second-order valence-corrected chi connectivity index (χ2v) is 6.73. The largest absolute Gasteiger partial charge is 0.115 e. The van der Waals surface area contributed by atoms with Crippen LogP contribution in [0.3, 0.4) is 0 Å². The fraction of sp³-hybridized carbons (Fsp3) is 0.0833. The van der Waals surface area contributed by atoms with Gasteiger partial charge in [0.05, 0.1) is 0 Å². The van der Waals surface area contributed by atoms with Gasteiger partial charge < -0.3 is 0 Å². The van der Waals surface area contributed by atoms with Crippen LogP contribution < -0.4 is 5.46 Å². The lowest BCUT2D eigenvalue weighted by atomic mass is 9.80. The summed E-state index contributed by atoms with van der Waals surface area (Å²) in [4.78, 5) is 0. The van der Waals surface area contributed by atoms with Crippen molar-refractivity contribution in [3.63, 3.8) is 0 Å². The third-order valence-electron chi connectivity index (χ3n) is 5.28. The summed E-state index contributed by atoms with van der Waals surface area (Å²) in [5, 5.41) is 4.72. The lowest BCUT2D eigenvalue weighted by Gasteiger charge is -2.17. The Morgan fingerprint density at radius 3 is 2.04 bits per heavy atom. The Bertz CT molecular complexity index is 1090. The highest BCUT2D eigenvalue weighted by Crippen LogP contribution is 2.36. The van der Waals surface area contributed by atoms with Gasteiger partial charge in [0.25, 0.3) is 0 Å². The SMILES string of the molecule is [B]c1c2ccccc2c(-c2ccc3c(c2)CCC=C3)c2ccccc12. The van der Waals surface area contributed by atoms with E-state index in [0.717, 1.165) is 29.1 Å². The summed E-state index contributed by atoms with van der Waals surface area (Å²) < 4.78 is 0. The molecule has 1 aliphatic carbocycles. The molecule has 0 saturated heterocycles. The van der Waals surface area contributed by atoms with Crippen molar-refractivity contribution >= 4 is 40.9 Å². The van der Waals surface area contributed by atoms with E-state index in [9.17, 15) is 0 Å². The maximum atomic E-state index is 6.50. The van der Waals surface area contributed by atoms with Crippen LogP contribution in [0.15, 0.2) is 72.8 Å². The van der Waals surface area contributed by atoms with Gasteiger partial charge in [-0.15, -0.1) is 0 Å². The van der Waals surface area contributed by atoms with Crippen molar-refractivity contribution in [3.8, 4) is 11.1 Å². The quantitative estimate of drug-likeness (QED) is 0.325. The third-order valence-corrected chi connectivity index (χ3v) is 5.28. The van der Waals surface area contributed by atoms with E-state index in [2.05, 4.69) is 78.9 Å². The molecule has 1 aliphatic rings. The molecule has 0 amide bonds. The molecule has 1 heteroatoms. The number of fused-ring (bicyclic) bond motifs is 3. The summed E-state index contributed by atoms with van der Waals surface area (Å²) in [7, 11) is 6.50. The van der Waals surface area contributed by atoms with Crippen molar-refractivity contribution in [2.75, 3.05) is 0 Å². The molecule has 5 rings (SSSR count). The van der Waals surface area contributed by atoms with Crippen LogP contribution in [0.5, 0.6) is 0 Å². The van der Waals surface area contributed by atoms with E-state index in [1.54, 1.807) is 0 Å². The van der Waals surface area contributed by atoms with Crippen LogP contribution in [0.4, 0.5) is 0 Å². The highest BCUT2D eigenvalue weighted by molar-refractivity contribution is 6.46. The summed E-state index contributed by atoms with van der Waals surface area (Å²) in [6.45, 7) is 0. The van der Waals surface area contributed by atoms with E-state index in [4.69, 9.17) is 7.85 Å². The molecular weight excluding hydrogens is 299 g/mol. The molecule has 0 fully saturated rings. The molecule has 0 spiro atoms. The maximum absolute atomic E-state index is 6.50. The first kappa shape index (κ1) is 14.5. The summed E-state index contributed by atoms with van der Waals surface area (Å²) in [5.41, 5.74) is 6.22. The molecule has 0 unspecified atom stereocenters. The zero-order valence-electron chi connectivity index (χ0n) is 14.0. The van der Waals surface area contributed by atoms with E-state index < -0.39 is 0 Å². The zero-order valence-corrected chi connectivity index (χ0v) is 14.0. The van der Waals surface area contributed by atoms with Gasteiger partial charge in [0.1, 0.15) is 7.85 Å². The number of aryl methyl sites for hydroxylation is 1. The standard InChI is InChI=1S/C24H17B/c25-24-21-11-5-3-9-19(21)23(20-10-4-6-12-22(20)24)18-14-13-16-7-1-2-8-17(16)15-18/h1,3-7,9-15H,2,8H2. The first-order valence-electron chi connectivity index (χ1n) is 8.82. The predicted octanol–water partition coefficient (Wildman–Crippen LogP) is 5.41. The van der Waals surface area contributed by atoms with E-state index in [0.29, 0.717) is 0 Å². The van der Waals surface area contributed by atoms with Crippen LogP contribution in [-0.2, 0) is 6.42 Å². The number of hydrogen-bond acceptors (Lipinski definition) is 0. The molecule has 0 aliphatic heterocycles. The van der Waals surface area contributed by atoms with Gasteiger partial charge >= 0.3 is 0 Å².